The largest absolute Gasteiger partial charge is 0.493 e. The van der Waals surface area contributed by atoms with Gasteiger partial charge in [0.25, 0.3) is 0 Å². The molecule has 8 heteroatoms. The van der Waals surface area contributed by atoms with Gasteiger partial charge in [-0.2, -0.15) is 13.2 Å². The molecular formula is C28H26F3N3O2. The molecule has 3 aromatic carbocycles. The van der Waals surface area contributed by atoms with Crippen molar-refractivity contribution in [2.45, 2.75) is 38.4 Å². The average molecular weight is 494 g/mol. The first-order valence-corrected chi connectivity index (χ1v) is 11.9. The van der Waals surface area contributed by atoms with Crippen LogP contribution in [0.1, 0.15) is 35.7 Å². The van der Waals surface area contributed by atoms with E-state index in [4.69, 9.17) is 9.72 Å². The second-order valence-corrected chi connectivity index (χ2v) is 9.03. The van der Waals surface area contributed by atoms with Gasteiger partial charge in [-0.05, 0) is 55.3 Å². The normalized spacial score (nSPS) is 16.2. The van der Waals surface area contributed by atoms with Crippen LogP contribution in [0.5, 0.6) is 5.75 Å². The number of ether oxygens (including phenoxy) is 1. The van der Waals surface area contributed by atoms with Crippen molar-refractivity contribution in [2.75, 3.05) is 18.1 Å². The Hall–Kier alpha value is -3.81. The molecule has 1 aliphatic heterocycles. The van der Waals surface area contributed by atoms with Gasteiger partial charge in [-0.25, -0.2) is 4.98 Å². The molecule has 186 valence electrons. The Morgan fingerprint density at radius 3 is 2.61 bits per heavy atom. The third kappa shape index (κ3) is 4.80. The van der Waals surface area contributed by atoms with Crippen LogP contribution in [0, 0.1) is 6.92 Å². The van der Waals surface area contributed by atoms with Crippen LogP contribution in [-0.4, -0.2) is 28.6 Å². The topological polar surface area (TPSA) is 47.4 Å². The first-order chi connectivity index (χ1) is 17.3. The Kier molecular flexibility index (Phi) is 6.43. The van der Waals surface area contributed by atoms with Crippen molar-refractivity contribution in [3.63, 3.8) is 0 Å². The third-order valence-electron chi connectivity index (χ3n) is 6.54. The van der Waals surface area contributed by atoms with Gasteiger partial charge in [-0.1, -0.05) is 36.4 Å². The highest BCUT2D eigenvalue weighted by atomic mass is 19.4. The average Bonchev–Trinajstić information content (AvgIpc) is 3.43. The lowest BCUT2D eigenvalue weighted by Crippen LogP contribution is -2.25. The van der Waals surface area contributed by atoms with Crippen LogP contribution < -0.4 is 9.64 Å². The lowest BCUT2D eigenvalue weighted by atomic mass is 10.1. The molecule has 1 atom stereocenters. The first-order valence-electron chi connectivity index (χ1n) is 11.9. The highest BCUT2D eigenvalue weighted by Crippen LogP contribution is 2.36. The second-order valence-electron chi connectivity index (χ2n) is 9.03. The van der Waals surface area contributed by atoms with Crippen molar-refractivity contribution in [3.8, 4) is 5.75 Å². The summed E-state index contributed by atoms with van der Waals surface area (Å²) in [7, 11) is 0. The van der Waals surface area contributed by atoms with E-state index in [0.717, 1.165) is 46.7 Å². The Morgan fingerprint density at radius 1 is 1.03 bits per heavy atom. The van der Waals surface area contributed by atoms with Gasteiger partial charge >= 0.3 is 6.18 Å². The van der Waals surface area contributed by atoms with Gasteiger partial charge in [0.05, 0.1) is 23.2 Å². The number of aromatic nitrogens is 2. The summed E-state index contributed by atoms with van der Waals surface area (Å²) in [4.78, 5) is 19.1. The monoisotopic (exact) mass is 493 g/mol. The van der Waals surface area contributed by atoms with Crippen LogP contribution in [-0.2, 0) is 17.5 Å². The molecule has 0 radical (unpaired) electrons. The van der Waals surface area contributed by atoms with Gasteiger partial charge in [0.1, 0.15) is 11.6 Å². The number of carbonyl (C=O) groups is 1. The van der Waals surface area contributed by atoms with Crippen molar-refractivity contribution >= 4 is 22.6 Å². The molecule has 1 aromatic heterocycles. The molecule has 0 bridgehead atoms. The molecule has 1 saturated heterocycles. The molecule has 1 aliphatic rings. The zero-order chi connectivity index (χ0) is 25.3. The quantitative estimate of drug-likeness (QED) is 0.282. The van der Waals surface area contributed by atoms with Crippen LogP contribution >= 0.6 is 0 Å². The molecule has 2 heterocycles. The molecule has 5 rings (SSSR count). The summed E-state index contributed by atoms with van der Waals surface area (Å²) in [6, 6.07) is 20.6. The van der Waals surface area contributed by atoms with Crippen LogP contribution in [0.15, 0.2) is 72.8 Å². The first kappa shape index (κ1) is 23.9. The third-order valence-corrected chi connectivity index (χ3v) is 6.54. The maximum atomic E-state index is 13.2. The number of hydrogen-bond donors (Lipinski definition) is 0. The molecule has 0 aliphatic carbocycles. The molecule has 0 spiro atoms. The minimum absolute atomic E-state index is 0.194. The number of rotatable bonds is 7. The molecule has 1 amide bonds. The summed E-state index contributed by atoms with van der Waals surface area (Å²) in [5.74, 6) is 1.19. The summed E-state index contributed by atoms with van der Waals surface area (Å²) < 4.78 is 47.7. The second kappa shape index (κ2) is 9.68. The smallest absolute Gasteiger partial charge is 0.416 e. The highest BCUT2D eigenvalue weighted by molar-refractivity contribution is 5.96. The van der Waals surface area contributed by atoms with E-state index in [9.17, 15) is 18.0 Å². The van der Waals surface area contributed by atoms with Crippen molar-refractivity contribution in [3.05, 3.63) is 89.7 Å². The number of nitrogens with zero attached hydrogens (tertiary/aromatic N) is 3. The zero-order valence-corrected chi connectivity index (χ0v) is 19.8. The van der Waals surface area contributed by atoms with Gasteiger partial charge in [-0.15, -0.1) is 0 Å². The molecule has 0 N–H and O–H groups in total. The van der Waals surface area contributed by atoms with E-state index >= 15 is 0 Å². The minimum Gasteiger partial charge on any atom is -0.493 e. The van der Waals surface area contributed by atoms with Crippen LogP contribution in [0.2, 0.25) is 0 Å². The number of hydrogen-bond acceptors (Lipinski definition) is 3. The van der Waals surface area contributed by atoms with Gasteiger partial charge in [0.2, 0.25) is 5.91 Å². The Balaban J connectivity index is 1.36. The minimum atomic E-state index is -4.47. The Morgan fingerprint density at radius 2 is 1.81 bits per heavy atom. The lowest BCUT2D eigenvalue weighted by molar-refractivity contribution is -0.137. The molecular weight excluding hydrogens is 467 g/mol. The molecule has 0 unspecified atom stereocenters. The van der Waals surface area contributed by atoms with E-state index in [2.05, 4.69) is 4.57 Å². The zero-order valence-electron chi connectivity index (χ0n) is 19.8. The van der Waals surface area contributed by atoms with E-state index < -0.39 is 11.7 Å². The molecule has 1 fully saturated rings. The Labute approximate surface area is 207 Å². The fourth-order valence-corrected chi connectivity index (χ4v) is 4.74. The van der Waals surface area contributed by atoms with Crippen molar-refractivity contribution in [1.29, 1.82) is 0 Å². The van der Waals surface area contributed by atoms with E-state index in [1.165, 1.54) is 11.0 Å². The molecule has 5 nitrogen and oxygen atoms in total. The van der Waals surface area contributed by atoms with E-state index in [-0.39, 0.29) is 30.5 Å². The van der Waals surface area contributed by atoms with Crippen LogP contribution in [0.3, 0.4) is 0 Å². The van der Waals surface area contributed by atoms with Gasteiger partial charge < -0.3 is 14.2 Å². The number of para-hydroxylation sites is 3. The SMILES string of the molecule is Cc1ccccc1OCCCn1c([C@@H]2CC(=O)N(c3cccc(C(F)(F)F)c3)C2)nc2ccccc21. The number of imidazole rings is 1. The number of benzene rings is 3. The van der Waals surface area contributed by atoms with Crippen molar-refractivity contribution in [2.24, 2.45) is 0 Å². The summed E-state index contributed by atoms with van der Waals surface area (Å²) in [6.07, 6.45) is -3.54. The van der Waals surface area contributed by atoms with E-state index in [1.807, 2.05) is 55.5 Å². The number of anilines is 1. The summed E-state index contributed by atoms with van der Waals surface area (Å²) in [5, 5.41) is 0. The van der Waals surface area contributed by atoms with Gasteiger partial charge in [0.15, 0.2) is 0 Å². The Bertz CT molecular complexity index is 1400. The summed E-state index contributed by atoms with van der Waals surface area (Å²) in [5.41, 5.74) is 2.36. The summed E-state index contributed by atoms with van der Waals surface area (Å²) in [6.45, 7) is 3.46. The molecule has 36 heavy (non-hydrogen) atoms. The number of alkyl halides is 3. The van der Waals surface area contributed by atoms with E-state index in [0.29, 0.717) is 13.2 Å². The number of halogens is 3. The van der Waals surface area contributed by atoms with Crippen molar-refractivity contribution < 1.29 is 22.7 Å². The predicted molar refractivity (Wildman–Crippen MR) is 132 cm³/mol. The van der Waals surface area contributed by atoms with E-state index in [1.54, 1.807) is 6.07 Å². The maximum Gasteiger partial charge on any atom is 0.416 e. The number of amides is 1. The maximum absolute atomic E-state index is 13.2. The fraction of sp³-hybridized carbons (Fsp3) is 0.286. The van der Waals surface area contributed by atoms with Gasteiger partial charge in [0, 0.05) is 31.1 Å². The fourth-order valence-electron chi connectivity index (χ4n) is 4.74. The highest BCUT2D eigenvalue weighted by Gasteiger charge is 2.36. The molecule has 0 saturated carbocycles. The molecule has 4 aromatic rings. The number of aryl methyl sites for hydroxylation is 2. The lowest BCUT2D eigenvalue weighted by Gasteiger charge is -2.19. The van der Waals surface area contributed by atoms with Crippen LogP contribution in [0.4, 0.5) is 18.9 Å². The van der Waals surface area contributed by atoms with Crippen LogP contribution in [0.25, 0.3) is 11.0 Å². The number of carbonyl (C=O) groups excluding carboxylic acids is 1. The van der Waals surface area contributed by atoms with Crippen molar-refractivity contribution in [1.82, 2.24) is 9.55 Å². The summed E-state index contributed by atoms with van der Waals surface area (Å²) >= 11 is 0. The standard InChI is InChI=1S/C28H26F3N3O2/c1-19-8-2-5-13-25(19)36-15-7-14-33-24-12-4-3-11-23(24)32-27(33)20-16-26(35)34(18-20)22-10-6-9-21(17-22)28(29,30)31/h2-6,8-13,17,20H,7,14-16,18H2,1H3/t20-/m1/s1. The number of fused-ring (bicyclic) bond motifs is 1. The predicted octanol–water partition coefficient (Wildman–Crippen LogP) is 6.35. The van der Waals surface area contributed by atoms with Gasteiger partial charge in [-0.3, -0.25) is 4.79 Å².